The molecule has 2 bridgehead atoms. The summed E-state index contributed by atoms with van der Waals surface area (Å²) in [5.74, 6) is 0.336. The first kappa shape index (κ1) is 20.7. The number of nitrogens with two attached hydrogens (primary N) is 2. The Morgan fingerprint density at radius 1 is 1.23 bits per heavy atom. The monoisotopic (exact) mass is 420 g/mol. The van der Waals surface area contributed by atoms with Gasteiger partial charge in [-0.1, -0.05) is 0 Å². The van der Waals surface area contributed by atoms with Crippen molar-refractivity contribution in [3.63, 3.8) is 0 Å². The minimum Gasteiger partial charge on any atom is -0.482 e. The molecule has 8 heteroatoms. The fourth-order valence-electron chi connectivity index (χ4n) is 3.86. The predicted molar refractivity (Wildman–Crippen MR) is 118 cm³/mol. The van der Waals surface area contributed by atoms with Gasteiger partial charge in [0.05, 0.1) is 5.69 Å². The normalized spacial score (nSPS) is 18.1. The van der Waals surface area contributed by atoms with Crippen molar-refractivity contribution in [2.45, 2.75) is 26.4 Å². The van der Waals surface area contributed by atoms with Gasteiger partial charge in [0.25, 0.3) is 0 Å². The van der Waals surface area contributed by atoms with Gasteiger partial charge < -0.3 is 21.5 Å². The van der Waals surface area contributed by atoms with E-state index in [4.69, 9.17) is 16.2 Å². The Kier molecular flexibility index (Phi) is 5.81. The molecule has 0 fully saturated rings. The minimum absolute atomic E-state index is 0.262. The number of aromatic nitrogens is 3. The van der Waals surface area contributed by atoms with Gasteiger partial charge in [0.15, 0.2) is 11.6 Å². The van der Waals surface area contributed by atoms with Crippen LogP contribution in [0.1, 0.15) is 36.6 Å². The Bertz CT molecular complexity index is 1150. The van der Waals surface area contributed by atoms with E-state index in [-0.39, 0.29) is 11.6 Å². The third-order valence-corrected chi connectivity index (χ3v) is 5.33. The molecule has 0 saturated carbocycles. The molecule has 1 aliphatic heterocycles. The number of ether oxygens (including phenoxy) is 1. The van der Waals surface area contributed by atoms with Crippen LogP contribution in [0.3, 0.4) is 0 Å². The molecule has 0 amide bonds. The lowest BCUT2D eigenvalue weighted by Crippen LogP contribution is -2.20. The molecule has 0 aliphatic carbocycles. The van der Waals surface area contributed by atoms with Gasteiger partial charge in [-0.3, -0.25) is 0 Å². The first-order chi connectivity index (χ1) is 15.0. The highest BCUT2D eigenvalue weighted by atomic mass is 19.1. The molecule has 1 aromatic carbocycles. The molecule has 0 spiro atoms. The molecule has 4 rings (SSSR count). The maximum Gasteiger partial charge on any atom is 0.166 e. The molecule has 1 atom stereocenters. The zero-order valence-electron chi connectivity index (χ0n) is 17.5. The van der Waals surface area contributed by atoms with E-state index >= 15 is 0 Å². The summed E-state index contributed by atoms with van der Waals surface area (Å²) in [5, 5.41) is 3.41. The number of benzene rings is 1. The van der Waals surface area contributed by atoms with Crippen molar-refractivity contribution in [1.82, 2.24) is 20.3 Å². The summed E-state index contributed by atoms with van der Waals surface area (Å²) >= 11 is 0. The van der Waals surface area contributed by atoms with Crippen LogP contribution in [0.4, 0.5) is 10.2 Å². The summed E-state index contributed by atoms with van der Waals surface area (Å²) in [4.78, 5) is 13.1. The van der Waals surface area contributed by atoms with E-state index in [9.17, 15) is 4.39 Å². The average Bonchev–Trinajstić information content (AvgIpc) is 2.77. The van der Waals surface area contributed by atoms with Crippen LogP contribution in [0.25, 0.3) is 17.0 Å². The minimum atomic E-state index is -0.493. The largest absolute Gasteiger partial charge is 0.482 e. The highest BCUT2D eigenvalue weighted by Crippen LogP contribution is 2.36. The van der Waals surface area contributed by atoms with E-state index in [0.29, 0.717) is 30.8 Å². The SMILES string of the molecule is CCN/C1=C(\CN)Cc2cncnc2-c2ccc(F)cc2C(C)Oc2cc1cnc2N. The van der Waals surface area contributed by atoms with Crippen LogP contribution in [-0.4, -0.2) is 28.0 Å². The summed E-state index contributed by atoms with van der Waals surface area (Å²) in [6.07, 6.45) is 5.00. The lowest BCUT2D eigenvalue weighted by atomic mass is 9.93. The third-order valence-electron chi connectivity index (χ3n) is 5.33. The molecule has 1 unspecified atom stereocenters. The molecular formula is C23H25FN6O. The maximum atomic E-state index is 14.2. The van der Waals surface area contributed by atoms with E-state index in [1.807, 2.05) is 19.9 Å². The molecule has 5 N–H and O–H groups in total. The second-order valence-electron chi connectivity index (χ2n) is 7.39. The van der Waals surface area contributed by atoms with Crippen LogP contribution >= 0.6 is 0 Å². The standard InChI is InChI=1S/C23H25FN6O/c1-3-28-21-14(9-25)6-15-10-27-12-30-22(15)18-5-4-17(24)8-19(18)13(2)31-20-7-16(21)11-29-23(20)26/h4-5,7-8,10-13,28H,3,6,9,25H2,1-2H3,(H2,26,29)/b21-14-. The number of hydrogen-bond acceptors (Lipinski definition) is 7. The van der Waals surface area contributed by atoms with Crippen molar-refractivity contribution < 1.29 is 9.13 Å². The Morgan fingerprint density at radius 3 is 2.84 bits per heavy atom. The quantitative estimate of drug-likeness (QED) is 0.596. The topological polar surface area (TPSA) is 112 Å². The zero-order chi connectivity index (χ0) is 22.0. The first-order valence-electron chi connectivity index (χ1n) is 10.2. The second kappa shape index (κ2) is 8.69. The molecule has 0 saturated heterocycles. The molecular weight excluding hydrogens is 395 g/mol. The molecule has 7 nitrogen and oxygen atoms in total. The smallest absolute Gasteiger partial charge is 0.166 e. The molecule has 3 heterocycles. The Labute approximate surface area is 180 Å². The summed E-state index contributed by atoms with van der Waals surface area (Å²) < 4.78 is 20.4. The number of nitrogens with zero attached hydrogens (tertiary/aromatic N) is 3. The zero-order valence-corrected chi connectivity index (χ0v) is 17.5. The average molecular weight is 420 g/mol. The summed E-state index contributed by atoms with van der Waals surface area (Å²) in [7, 11) is 0. The molecule has 160 valence electrons. The number of pyridine rings is 1. The van der Waals surface area contributed by atoms with Gasteiger partial charge in [-0.2, -0.15) is 0 Å². The number of nitrogens with one attached hydrogen (secondary N) is 1. The van der Waals surface area contributed by atoms with Gasteiger partial charge in [-0.25, -0.2) is 19.3 Å². The van der Waals surface area contributed by atoms with Gasteiger partial charge >= 0.3 is 0 Å². The Morgan fingerprint density at radius 2 is 2.06 bits per heavy atom. The van der Waals surface area contributed by atoms with E-state index in [1.54, 1.807) is 18.5 Å². The fraction of sp³-hybridized carbons (Fsp3) is 0.261. The number of halogens is 1. The molecule has 3 aromatic rings. The van der Waals surface area contributed by atoms with Gasteiger partial charge in [0, 0.05) is 59.9 Å². The van der Waals surface area contributed by atoms with Crippen LogP contribution in [-0.2, 0) is 6.42 Å². The number of rotatable bonds is 3. The van der Waals surface area contributed by atoms with E-state index < -0.39 is 6.10 Å². The number of hydrogen-bond donors (Lipinski definition) is 3. The van der Waals surface area contributed by atoms with Gasteiger partial charge in [0.1, 0.15) is 18.2 Å². The van der Waals surface area contributed by atoms with Crippen LogP contribution in [0.15, 0.2) is 48.6 Å². The van der Waals surface area contributed by atoms with Crippen molar-refractivity contribution in [2.24, 2.45) is 5.73 Å². The summed E-state index contributed by atoms with van der Waals surface area (Å²) in [5.41, 5.74) is 18.0. The highest BCUT2D eigenvalue weighted by Gasteiger charge is 2.22. The molecule has 2 aromatic heterocycles. The third kappa shape index (κ3) is 4.06. The van der Waals surface area contributed by atoms with Crippen LogP contribution in [0.5, 0.6) is 5.75 Å². The van der Waals surface area contributed by atoms with Crippen molar-refractivity contribution in [3.8, 4) is 17.0 Å². The van der Waals surface area contributed by atoms with E-state index in [0.717, 1.165) is 33.7 Å². The van der Waals surface area contributed by atoms with Gasteiger partial charge in [-0.15, -0.1) is 0 Å². The van der Waals surface area contributed by atoms with Gasteiger partial charge in [-0.05, 0) is 43.7 Å². The number of anilines is 1. The van der Waals surface area contributed by atoms with Crippen LogP contribution in [0, 0.1) is 5.82 Å². The van der Waals surface area contributed by atoms with Crippen molar-refractivity contribution in [3.05, 3.63) is 71.1 Å². The number of nitrogen functional groups attached to an aromatic ring is 1. The first-order valence-corrected chi connectivity index (χ1v) is 10.2. The summed E-state index contributed by atoms with van der Waals surface area (Å²) in [6.45, 7) is 4.90. The second-order valence-corrected chi connectivity index (χ2v) is 7.39. The molecule has 0 radical (unpaired) electrons. The number of fused-ring (bicyclic) bond motifs is 5. The fourth-order valence-corrected chi connectivity index (χ4v) is 3.86. The van der Waals surface area contributed by atoms with Gasteiger partial charge in [0.2, 0.25) is 0 Å². The highest BCUT2D eigenvalue weighted by molar-refractivity contribution is 5.73. The van der Waals surface area contributed by atoms with Crippen LogP contribution < -0.4 is 21.5 Å². The lowest BCUT2D eigenvalue weighted by Gasteiger charge is -2.23. The molecule has 31 heavy (non-hydrogen) atoms. The van der Waals surface area contributed by atoms with E-state index in [1.165, 1.54) is 18.5 Å². The molecule has 1 aliphatic rings. The summed E-state index contributed by atoms with van der Waals surface area (Å²) in [6, 6.07) is 6.45. The Balaban J connectivity index is 2.02. The van der Waals surface area contributed by atoms with Crippen LogP contribution in [0.2, 0.25) is 0 Å². The van der Waals surface area contributed by atoms with Crippen molar-refractivity contribution in [2.75, 3.05) is 18.8 Å². The maximum absolute atomic E-state index is 14.2. The van der Waals surface area contributed by atoms with Crippen molar-refractivity contribution >= 4 is 11.5 Å². The predicted octanol–water partition coefficient (Wildman–Crippen LogP) is 3.24. The van der Waals surface area contributed by atoms with E-state index in [2.05, 4.69) is 20.3 Å². The Hall–Kier alpha value is -3.52. The lowest BCUT2D eigenvalue weighted by molar-refractivity contribution is 0.227. The van der Waals surface area contributed by atoms with Crippen molar-refractivity contribution in [1.29, 1.82) is 0 Å².